The molecule has 1 saturated carbocycles. The van der Waals surface area contributed by atoms with Crippen molar-refractivity contribution in [1.82, 2.24) is 15.0 Å². The Balaban J connectivity index is 2.32. The second kappa shape index (κ2) is 3.64. The molecule has 0 saturated heterocycles. The van der Waals surface area contributed by atoms with Crippen LogP contribution in [0.5, 0.6) is 0 Å². The quantitative estimate of drug-likeness (QED) is 0.813. The molecule has 0 spiro atoms. The highest BCUT2D eigenvalue weighted by Crippen LogP contribution is 2.37. The lowest BCUT2D eigenvalue weighted by Gasteiger charge is -2.09. The van der Waals surface area contributed by atoms with Gasteiger partial charge in [-0.3, -0.25) is 4.79 Å². The maximum absolute atomic E-state index is 10.7. The molecule has 15 heavy (non-hydrogen) atoms. The average Bonchev–Trinajstić information content (AvgIpc) is 2.87. The molecule has 1 aliphatic carbocycles. The fraction of sp³-hybridized carbons (Fsp3) is 0.700. The maximum Gasteiger partial charge on any atom is 0.309 e. The number of carboxylic acid groups (broad SMARTS) is 1. The zero-order chi connectivity index (χ0) is 11.0. The molecular formula is C10H15N3O2. The van der Waals surface area contributed by atoms with Gasteiger partial charge in [-0.2, -0.15) is 0 Å². The Labute approximate surface area is 88.1 Å². The number of hydrogen-bond donors (Lipinski definition) is 1. The van der Waals surface area contributed by atoms with Crippen LogP contribution in [-0.2, 0) is 11.2 Å². The summed E-state index contributed by atoms with van der Waals surface area (Å²) < 4.78 is 1.91. The third-order valence-corrected chi connectivity index (χ3v) is 2.56. The molecule has 5 nitrogen and oxygen atoms in total. The Morgan fingerprint density at radius 2 is 2.27 bits per heavy atom. The van der Waals surface area contributed by atoms with E-state index in [4.69, 9.17) is 5.11 Å². The first-order valence-electron chi connectivity index (χ1n) is 5.25. The monoisotopic (exact) mass is 209 g/mol. The Bertz CT molecular complexity index is 380. The maximum atomic E-state index is 10.7. The fourth-order valence-electron chi connectivity index (χ4n) is 1.79. The first kappa shape index (κ1) is 10.1. The SMILES string of the molecule is CC(C)c1c(CC(=O)O)nnn1C1CC1. The topological polar surface area (TPSA) is 68.0 Å². The molecular weight excluding hydrogens is 194 g/mol. The first-order valence-corrected chi connectivity index (χ1v) is 5.25. The molecule has 5 heteroatoms. The second-order valence-electron chi connectivity index (χ2n) is 4.32. The Morgan fingerprint density at radius 1 is 1.60 bits per heavy atom. The summed E-state index contributed by atoms with van der Waals surface area (Å²) in [5, 5.41) is 16.8. The van der Waals surface area contributed by atoms with E-state index in [-0.39, 0.29) is 12.3 Å². The Hall–Kier alpha value is -1.39. The normalized spacial score (nSPS) is 15.9. The molecule has 1 heterocycles. The predicted molar refractivity (Wildman–Crippen MR) is 53.7 cm³/mol. The molecule has 2 rings (SSSR count). The van der Waals surface area contributed by atoms with Gasteiger partial charge in [-0.05, 0) is 18.8 Å². The van der Waals surface area contributed by atoms with Crippen molar-refractivity contribution in [2.24, 2.45) is 0 Å². The molecule has 0 aromatic carbocycles. The predicted octanol–water partition coefficient (Wildman–Crippen LogP) is 1.36. The van der Waals surface area contributed by atoms with Crippen LogP contribution in [0.4, 0.5) is 0 Å². The average molecular weight is 209 g/mol. The highest BCUT2D eigenvalue weighted by molar-refractivity contribution is 5.69. The van der Waals surface area contributed by atoms with E-state index in [1.165, 1.54) is 0 Å². The summed E-state index contributed by atoms with van der Waals surface area (Å²) in [6.07, 6.45) is 2.24. The van der Waals surface area contributed by atoms with E-state index in [9.17, 15) is 4.79 Å². The van der Waals surface area contributed by atoms with Crippen LogP contribution in [0.3, 0.4) is 0 Å². The molecule has 1 aromatic heterocycles. The van der Waals surface area contributed by atoms with E-state index in [0.29, 0.717) is 11.7 Å². The van der Waals surface area contributed by atoms with Gasteiger partial charge in [-0.25, -0.2) is 4.68 Å². The lowest BCUT2D eigenvalue weighted by Crippen LogP contribution is -2.08. The molecule has 0 aliphatic heterocycles. The Morgan fingerprint density at radius 3 is 2.73 bits per heavy atom. The third-order valence-electron chi connectivity index (χ3n) is 2.56. The zero-order valence-corrected chi connectivity index (χ0v) is 8.97. The summed E-state index contributed by atoms with van der Waals surface area (Å²) in [6, 6.07) is 0.456. The Kier molecular flexibility index (Phi) is 2.46. The van der Waals surface area contributed by atoms with E-state index in [0.717, 1.165) is 18.5 Å². The first-order chi connectivity index (χ1) is 7.09. The van der Waals surface area contributed by atoms with E-state index >= 15 is 0 Å². The second-order valence-corrected chi connectivity index (χ2v) is 4.32. The molecule has 1 aliphatic rings. The van der Waals surface area contributed by atoms with Gasteiger partial charge in [0.1, 0.15) is 0 Å². The molecule has 0 unspecified atom stereocenters. The van der Waals surface area contributed by atoms with Gasteiger partial charge in [-0.15, -0.1) is 5.10 Å². The minimum absolute atomic E-state index is 0.0275. The number of aliphatic carboxylic acids is 1. The summed E-state index contributed by atoms with van der Waals surface area (Å²) in [4.78, 5) is 10.7. The van der Waals surface area contributed by atoms with E-state index in [2.05, 4.69) is 10.3 Å². The third kappa shape index (κ3) is 2.00. The van der Waals surface area contributed by atoms with Crippen molar-refractivity contribution >= 4 is 5.97 Å². The molecule has 1 fully saturated rings. The van der Waals surface area contributed by atoms with Crippen molar-refractivity contribution in [1.29, 1.82) is 0 Å². The van der Waals surface area contributed by atoms with Crippen LogP contribution in [0, 0.1) is 0 Å². The zero-order valence-electron chi connectivity index (χ0n) is 8.97. The summed E-state index contributed by atoms with van der Waals surface area (Å²) in [5.74, 6) is -0.574. The van der Waals surface area contributed by atoms with Gasteiger partial charge in [-0.1, -0.05) is 19.1 Å². The van der Waals surface area contributed by atoms with Gasteiger partial charge in [0.2, 0.25) is 0 Å². The smallest absolute Gasteiger partial charge is 0.309 e. The van der Waals surface area contributed by atoms with E-state index in [1.54, 1.807) is 0 Å². The number of hydrogen-bond acceptors (Lipinski definition) is 3. The number of rotatable bonds is 4. The van der Waals surface area contributed by atoms with Crippen LogP contribution >= 0.6 is 0 Å². The van der Waals surface area contributed by atoms with Crippen molar-refractivity contribution in [3.8, 4) is 0 Å². The van der Waals surface area contributed by atoms with Gasteiger partial charge in [0.25, 0.3) is 0 Å². The lowest BCUT2D eigenvalue weighted by molar-refractivity contribution is -0.136. The van der Waals surface area contributed by atoms with Crippen LogP contribution in [0.2, 0.25) is 0 Å². The van der Waals surface area contributed by atoms with Gasteiger partial charge in [0.15, 0.2) is 0 Å². The van der Waals surface area contributed by atoms with Crippen LogP contribution in [0.1, 0.15) is 50.0 Å². The number of carbonyl (C=O) groups is 1. The molecule has 1 aromatic rings. The molecule has 0 bridgehead atoms. The van der Waals surface area contributed by atoms with Gasteiger partial charge < -0.3 is 5.11 Å². The molecule has 82 valence electrons. The molecule has 0 amide bonds. The van der Waals surface area contributed by atoms with Crippen molar-refractivity contribution in [3.63, 3.8) is 0 Å². The minimum Gasteiger partial charge on any atom is -0.481 e. The van der Waals surface area contributed by atoms with Gasteiger partial charge in [0, 0.05) is 0 Å². The molecule has 1 N–H and O–H groups in total. The van der Waals surface area contributed by atoms with E-state index < -0.39 is 5.97 Å². The van der Waals surface area contributed by atoms with Crippen LogP contribution in [0.25, 0.3) is 0 Å². The lowest BCUT2D eigenvalue weighted by atomic mass is 10.1. The molecule has 0 radical (unpaired) electrons. The number of nitrogens with zero attached hydrogens (tertiary/aromatic N) is 3. The highest BCUT2D eigenvalue weighted by Gasteiger charge is 2.30. The van der Waals surface area contributed by atoms with Crippen molar-refractivity contribution < 1.29 is 9.90 Å². The van der Waals surface area contributed by atoms with Crippen LogP contribution < -0.4 is 0 Å². The van der Waals surface area contributed by atoms with Crippen molar-refractivity contribution in [3.05, 3.63) is 11.4 Å². The minimum atomic E-state index is -0.847. The highest BCUT2D eigenvalue weighted by atomic mass is 16.4. The number of aromatic nitrogens is 3. The van der Waals surface area contributed by atoms with Crippen molar-refractivity contribution in [2.75, 3.05) is 0 Å². The van der Waals surface area contributed by atoms with Crippen LogP contribution in [0.15, 0.2) is 0 Å². The van der Waals surface area contributed by atoms with Gasteiger partial charge >= 0.3 is 5.97 Å². The summed E-state index contributed by atoms with van der Waals surface area (Å²) in [7, 11) is 0. The summed E-state index contributed by atoms with van der Waals surface area (Å²) in [5.41, 5.74) is 1.60. The summed E-state index contributed by atoms with van der Waals surface area (Å²) in [6.45, 7) is 4.09. The summed E-state index contributed by atoms with van der Waals surface area (Å²) >= 11 is 0. The number of carboxylic acids is 1. The van der Waals surface area contributed by atoms with Crippen LogP contribution in [-0.4, -0.2) is 26.1 Å². The van der Waals surface area contributed by atoms with Crippen molar-refractivity contribution in [2.45, 2.75) is 45.1 Å². The van der Waals surface area contributed by atoms with E-state index in [1.807, 2.05) is 18.5 Å². The standard InChI is InChI=1S/C10H15N3O2/c1-6(2)10-8(5-9(14)15)11-12-13(10)7-3-4-7/h6-7H,3-5H2,1-2H3,(H,14,15). The van der Waals surface area contributed by atoms with Gasteiger partial charge in [0.05, 0.1) is 23.9 Å². The fourth-order valence-corrected chi connectivity index (χ4v) is 1.79. The largest absolute Gasteiger partial charge is 0.481 e. The molecule has 0 atom stereocenters.